The largest absolute Gasteiger partial charge is 0.497 e. The van der Waals surface area contributed by atoms with Crippen LogP contribution in [0.1, 0.15) is 11.1 Å². The molecule has 2 aromatic carbocycles. The van der Waals surface area contributed by atoms with Crippen molar-refractivity contribution >= 4 is 51.5 Å². The Bertz CT molecular complexity index is 1240. The van der Waals surface area contributed by atoms with Crippen LogP contribution in [0.5, 0.6) is 5.75 Å². The van der Waals surface area contributed by atoms with E-state index >= 15 is 0 Å². The number of carbonyl (C=O) groups is 1. The molecule has 0 aliphatic heterocycles. The normalized spacial score (nSPS) is 11.2. The summed E-state index contributed by atoms with van der Waals surface area (Å²) in [7, 11) is 1.64. The van der Waals surface area contributed by atoms with Crippen LogP contribution in [0.4, 0.5) is 5.69 Å². The summed E-state index contributed by atoms with van der Waals surface area (Å²) in [5.41, 5.74) is 4.44. The van der Waals surface area contributed by atoms with Crippen molar-refractivity contribution in [3.8, 4) is 5.75 Å². The standard InChI is InChI=1S/C21H19ClN4O2S/c1-12-4-5-14(22)9-17(12)23-20(27)11-29-21-25-24-19-8-13(2)16-7-6-15(28-3)10-18(16)26(19)21/h4-10H,11H2,1-3H3,(H,23,27). The first-order valence-corrected chi connectivity index (χ1v) is 10.3. The van der Waals surface area contributed by atoms with E-state index < -0.39 is 0 Å². The Hall–Kier alpha value is -2.77. The van der Waals surface area contributed by atoms with E-state index in [1.165, 1.54) is 11.8 Å². The van der Waals surface area contributed by atoms with Gasteiger partial charge in [0.1, 0.15) is 5.75 Å². The molecule has 0 atom stereocenters. The third kappa shape index (κ3) is 3.88. The number of nitrogens with one attached hydrogen (secondary N) is 1. The van der Waals surface area contributed by atoms with Crippen LogP contribution >= 0.6 is 23.4 Å². The SMILES string of the molecule is COc1ccc2c(C)cc3nnc(SCC(=O)Nc4cc(Cl)ccc4C)n3c2c1. The number of carbonyl (C=O) groups excluding carboxylic acids is 1. The van der Waals surface area contributed by atoms with Crippen molar-refractivity contribution in [1.82, 2.24) is 14.6 Å². The van der Waals surface area contributed by atoms with Crippen LogP contribution in [-0.2, 0) is 4.79 Å². The molecule has 29 heavy (non-hydrogen) atoms. The van der Waals surface area contributed by atoms with Crippen molar-refractivity contribution in [2.45, 2.75) is 19.0 Å². The first kappa shape index (κ1) is 19.5. The molecule has 8 heteroatoms. The average molecular weight is 427 g/mol. The molecule has 0 saturated carbocycles. The van der Waals surface area contributed by atoms with Crippen molar-refractivity contribution in [2.24, 2.45) is 0 Å². The molecule has 0 aliphatic rings. The van der Waals surface area contributed by atoms with Crippen LogP contribution in [0.3, 0.4) is 0 Å². The molecule has 2 aromatic heterocycles. The summed E-state index contributed by atoms with van der Waals surface area (Å²) in [6.07, 6.45) is 0. The number of halogens is 1. The molecule has 0 fully saturated rings. The highest BCUT2D eigenvalue weighted by atomic mass is 35.5. The van der Waals surface area contributed by atoms with Crippen LogP contribution < -0.4 is 10.1 Å². The van der Waals surface area contributed by atoms with Gasteiger partial charge in [0.25, 0.3) is 0 Å². The predicted molar refractivity (Wildman–Crippen MR) is 117 cm³/mol. The first-order chi connectivity index (χ1) is 14.0. The Morgan fingerprint density at radius 1 is 1.14 bits per heavy atom. The van der Waals surface area contributed by atoms with Gasteiger partial charge in [-0.1, -0.05) is 29.4 Å². The number of hydrogen-bond donors (Lipinski definition) is 1. The topological polar surface area (TPSA) is 68.5 Å². The second kappa shape index (κ2) is 7.93. The Kier molecular flexibility index (Phi) is 5.34. The molecule has 4 aromatic rings. The van der Waals surface area contributed by atoms with Gasteiger partial charge in [-0.05, 0) is 55.3 Å². The minimum atomic E-state index is -0.133. The predicted octanol–water partition coefficient (Wildman–Crippen LogP) is 4.89. The number of thioether (sulfide) groups is 1. The van der Waals surface area contributed by atoms with Crippen molar-refractivity contribution < 1.29 is 9.53 Å². The molecule has 1 N–H and O–H groups in total. The fraction of sp³-hybridized carbons (Fsp3) is 0.190. The number of pyridine rings is 1. The summed E-state index contributed by atoms with van der Waals surface area (Å²) in [5.74, 6) is 0.820. The van der Waals surface area contributed by atoms with Gasteiger partial charge in [-0.15, -0.1) is 10.2 Å². The van der Waals surface area contributed by atoms with Crippen LogP contribution in [0, 0.1) is 13.8 Å². The number of ether oxygens (including phenoxy) is 1. The lowest BCUT2D eigenvalue weighted by molar-refractivity contribution is -0.113. The second-order valence-corrected chi connectivity index (χ2v) is 8.06. The summed E-state index contributed by atoms with van der Waals surface area (Å²) < 4.78 is 7.33. The van der Waals surface area contributed by atoms with Gasteiger partial charge in [-0.25, -0.2) is 0 Å². The molecule has 148 valence electrons. The van der Waals surface area contributed by atoms with E-state index in [2.05, 4.69) is 15.5 Å². The number of hydrogen-bond acceptors (Lipinski definition) is 5. The number of nitrogens with zero attached hydrogens (tertiary/aromatic N) is 3. The number of aryl methyl sites for hydroxylation is 2. The van der Waals surface area contributed by atoms with Gasteiger partial charge >= 0.3 is 0 Å². The maximum absolute atomic E-state index is 12.5. The van der Waals surface area contributed by atoms with E-state index in [1.807, 2.05) is 48.6 Å². The molecule has 2 heterocycles. The van der Waals surface area contributed by atoms with Crippen LogP contribution in [0.25, 0.3) is 16.6 Å². The van der Waals surface area contributed by atoms with Crippen LogP contribution in [0.15, 0.2) is 47.6 Å². The number of methoxy groups -OCH3 is 1. The summed E-state index contributed by atoms with van der Waals surface area (Å²) in [4.78, 5) is 12.5. The van der Waals surface area contributed by atoms with Crippen LogP contribution in [-0.4, -0.2) is 33.4 Å². The van der Waals surface area contributed by atoms with Gasteiger partial charge in [0.15, 0.2) is 10.8 Å². The number of benzene rings is 2. The summed E-state index contributed by atoms with van der Waals surface area (Å²) >= 11 is 7.36. The summed E-state index contributed by atoms with van der Waals surface area (Å²) in [6, 6.07) is 13.3. The first-order valence-electron chi connectivity index (χ1n) is 8.97. The van der Waals surface area contributed by atoms with Crippen molar-refractivity contribution in [1.29, 1.82) is 0 Å². The quantitative estimate of drug-likeness (QED) is 0.460. The Labute approximate surface area is 177 Å². The molecular weight excluding hydrogens is 408 g/mol. The Balaban J connectivity index is 1.62. The van der Waals surface area contributed by atoms with Crippen LogP contribution in [0.2, 0.25) is 5.02 Å². The van der Waals surface area contributed by atoms with Crippen molar-refractivity contribution in [3.05, 3.63) is 58.6 Å². The highest BCUT2D eigenvalue weighted by Gasteiger charge is 2.14. The van der Waals surface area contributed by atoms with E-state index in [9.17, 15) is 4.79 Å². The van der Waals surface area contributed by atoms with Crippen molar-refractivity contribution in [2.75, 3.05) is 18.2 Å². The lowest BCUT2D eigenvalue weighted by Gasteiger charge is -2.10. The minimum absolute atomic E-state index is 0.133. The second-order valence-electron chi connectivity index (χ2n) is 6.68. The van der Waals surface area contributed by atoms with Gasteiger partial charge in [0.05, 0.1) is 18.4 Å². The number of amides is 1. The number of fused-ring (bicyclic) bond motifs is 3. The zero-order chi connectivity index (χ0) is 20.5. The van der Waals surface area contributed by atoms with E-state index in [0.29, 0.717) is 15.9 Å². The Morgan fingerprint density at radius 2 is 1.97 bits per heavy atom. The highest BCUT2D eigenvalue weighted by Crippen LogP contribution is 2.29. The van der Waals surface area contributed by atoms with E-state index in [1.54, 1.807) is 19.2 Å². The zero-order valence-electron chi connectivity index (χ0n) is 16.2. The van der Waals surface area contributed by atoms with Gasteiger partial charge in [-0.3, -0.25) is 9.20 Å². The van der Waals surface area contributed by atoms with Gasteiger partial charge in [0, 0.05) is 22.2 Å². The molecule has 0 radical (unpaired) electrons. The third-order valence-corrected chi connectivity index (χ3v) is 5.84. The lowest BCUT2D eigenvalue weighted by atomic mass is 10.1. The van der Waals surface area contributed by atoms with E-state index in [-0.39, 0.29) is 11.7 Å². The molecule has 0 bridgehead atoms. The summed E-state index contributed by atoms with van der Waals surface area (Å²) in [6.45, 7) is 3.96. The van der Waals surface area contributed by atoms with E-state index in [0.717, 1.165) is 33.4 Å². The van der Waals surface area contributed by atoms with E-state index in [4.69, 9.17) is 16.3 Å². The molecule has 4 rings (SSSR count). The monoisotopic (exact) mass is 426 g/mol. The summed E-state index contributed by atoms with van der Waals surface area (Å²) in [5, 5.41) is 13.8. The van der Waals surface area contributed by atoms with Gasteiger partial charge in [0.2, 0.25) is 5.91 Å². The molecule has 0 saturated heterocycles. The number of rotatable bonds is 5. The smallest absolute Gasteiger partial charge is 0.234 e. The third-order valence-electron chi connectivity index (χ3n) is 4.68. The Morgan fingerprint density at radius 3 is 2.76 bits per heavy atom. The number of aromatic nitrogens is 3. The average Bonchev–Trinajstić information content (AvgIpc) is 3.11. The fourth-order valence-electron chi connectivity index (χ4n) is 3.17. The maximum atomic E-state index is 12.5. The molecule has 0 aliphatic carbocycles. The zero-order valence-corrected chi connectivity index (χ0v) is 17.8. The molecule has 0 spiro atoms. The lowest BCUT2D eigenvalue weighted by Crippen LogP contribution is -2.15. The maximum Gasteiger partial charge on any atom is 0.234 e. The molecule has 0 unspecified atom stereocenters. The minimum Gasteiger partial charge on any atom is -0.497 e. The molecular formula is C21H19ClN4O2S. The molecule has 6 nitrogen and oxygen atoms in total. The van der Waals surface area contributed by atoms with Gasteiger partial charge in [-0.2, -0.15) is 0 Å². The highest BCUT2D eigenvalue weighted by molar-refractivity contribution is 7.99. The molecule has 1 amide bonds. The number of anilines is 1. The van der Waals surface area contributed by atoms with Crippen molar-refractivity contribution in [3.63, 3.8) is 0 Å². The van der Waals surface area contributed by atoms with Gasteiger partial charge < -0.3 is 10.1 Å². The fourth-order valence-corrected chi connectivity index (χ4v) is 4.09.